The van der Waals surface area contributed by atoms with Crippen molar-refractivity contribution in [3.63, 3.8) is 0 Å². The number of aromatic nitrogens is 2. The molecule has 0 radical (unpaired) electrons. The molecule has 0 spiro atoms. The molecule has 2 aromatic rings. The Labute approximate surface area is 118 Å². The third-order valence-corrected chi connectivity index (χ3v) is 3.74. The number of halogens is 1. The lowest BCUT2D eigenvalue weighted by atomic mass is 10.2. The molecule has 0 aliphatic heterocycles. The molecule has 1 aromatic heterocycles. The van der Waals surface area contributed by atoms with Gasteiger partial charge in [0.25, 0.3) is 0 Å². The van der Waals surface area contributed by atoms with Crippen molar-refractivity contribution in [3.05, 3.63) is 46.2 Å². The van der Waals surface area contributed by atoms with Gasteiger partial charge in [0.15, 0.2) is 5.16 Å². The molecule has 0 atom stereocenters. The van der Waals surface area contributed by atoms with Crippen molar-refractivity contribution in [2.45, 2.75) is 17.0 Å². The standard InChI is InChI=1S/C12H11BrN4S/c1-7-5-16-12(17-6-7)18-8-2-3-9(11(14)15)10(13)4-8/h2-6H,1H3,(H3,14,15). The first-order valence-corrected chi connectivity index (χ1v) is 6.77. The zero-order chi connectivity index (χ0) is 13.1. The number of nitrogens with zero attached hydrogens (tertiary/aromatic N) is 2. The molecule has 0 aliphatic carbocycles. The Hall–Kier alpha value is -1.40. The summed E-state index contributed by atoms with van der Waals surface area (Å²) in [5, 5.41) is 8.11. The topological polar surface area (TPSA) is 75.7 Å². The average Bonchev–Trinajstić information content (AvgIpc) is 2.32. The molecule has 1 heterocycles. The van der Waals surface area contributed by atoms with Gasteiger partial charge in [-0.1, -0.05) is 0 Å². The van der Waals surface area contributed by atoms with Gasteiger partial charge in [-0.05, 0) is 58.4 Å². The van der Waals surface area contributed by atoms with Crippen LogP contribution in [0.5, 0.6) is 0 Å². The summed E-state index contributed by atoms with van der Waals surface area (Å²) in [7, 11) is 0. The summed E-state index contributed by atoms with van der Waals surface area (Å²) in [5.74, 6) is 0.0463. The van der Waals surface area contributed by atoms with Crippen LogP contribution in [0.3, 0.4) is 0 Å². The number of aryl methyl sites for hydroxylation is 1. The fourth-order valence-corrected chi connectivity index (χ4v) is 2.80. The molecule has 0 aliphatic rings. The molecule has 0 bridgehead atoms. The van der Waals surface area contributed by atoms with Gasteiger partial charge in [0.1, 0.15) is 5.84 Å². The smallest absolute Gasteiger partial charge is 0.192 e. The summed E-state index contributed by atoms with van der Waals surface area (Å²) in [4.78, 5) is 9.46. The number of hydrogen-bond donors (Lipinski definition) is 2. The number of hydrogen-bond acceptors (Lipinski definition) is 4. The van der Waals surface area contributed by atoms with E-state index < -0.39 is 0 Å². The second kappa shape index (κ2) is 5.49. The van der Waals surface area contributed by atoms with Crippen LogP contribution in [0, 0.1) is 12.3 Å². The minimum Gasteiger partial charge on any atom is -0.384 e. The van der Waals surface area contributed by atoms with Gasteiger partial charge in [-0.25, -0.2) is 9.97 Å². The number of nitrogen functional groups attached to an aromatic ring is 1. The quantitative estimate of drug-likeness (QED) is 0.517. The zero-order valence-electron chi connectivity index (χ0n) is 9.64. The molecule has 92 valence electrons. The first kappa shape index (κ1) is 13.0. The Morgan fingerprint density at radius 3 is 2.56 bits per heavy atom. The van der Waals surface area contributed by atoms with E-state index in [4.69, 9.17) is 11.1 Å². The van der Waals surface area contributed by atoms with E-state index >= 15 is 0 Å². The largest absolute Gasteiger partial charge is 0.384 e. The van der Waals surface area contributed by atoms with Crippen LogP contribution in [0.4, 0.5) is 0 Å². The Morgan fingerprint density at radius 1 is 1.33 bits per heavy atom. The van der Waals surface area contributed by atoms with E-state index in [0.29, 0.717) is 10.7 Å². The zero-order valence-corrected chi connectivity index (χ0v) is 12.0. The first-order valence-electron chi connectivity index (χ1n) is 5.16. The number of amidine groups is 1. The number of benzene rings is 1. The Kier molecular flexibility index (Phi) is 3.98. The van der Waals surface area contributed by atoms with Crippen molar-refractivity contribution < 1.29 is 0 Å². The predicted molar refractivity (Wildman–Crippen MR) is 76.1 cm³/mol. The summed E-state index contributed by atoms with van der Waals surface area (Å²) in [6.07, 6.45) is 3.57. The van der Waals surface area contributed by atoms with E-state index in [0.717, 1.165) is 14.9 Å². The van der Waals surface area contributed by atoms with Crippen molar-refractivity contribution >= 4 is 33.5 Å². The Morgan fingerprint density at radius 2 is 2.00 bits per heavy atom. The van der Waals surface area contributed by atoms with Crippen LogP contribution in [0.25, 0.3) is 0 Å². The normalized spacial score (nSPS) is 10.3. The van der Waals surface area contributed by atoms with Crippen molar-refractivity contribution in [2.24, 2.45) is 5.73 Å². The summed E-state index contributed by atoms with van der Waals surface area (Å²) < 4.78 is 0.798. The van der Waals surface area contributed by atoms with Crippen LogP contribution < -0.4 is 5.73 Å². The van der Waals surface area contributed by atoms with Gasteiger partial charge in [-0.2, -0.15) is 0 Å². The lowest BCUT2D eigenvalue weighted by Crippen LogP contribution is -2.11. The molecule has 0 saturated heterocycles. The predicted octanol–water partition coefficient (Wildman–Crippen LogP) is 2.98. The molecule has 1 aromatic carbocycles. The molecular formula is C12H11BrN4S. The third-order valence-electron chi connectivity index (χ3n) is 2.20. The monoisotopic (exact) mass is 322 g/mol. The van der Waals surface area contributed by atoms with Gasteiger partial charge in [-0.3, -0.25) is 5.41 Å². The lowest BCUT2D eigenvalue weighted by molar-refractivity contribution is 0.950. The molecule has 6 heteroatoms. The summed E-state index contributed by atoms with van der Waals surface area (Å²) >= 11 is 4.87. The van der Waals surface area contributed by atoms with Gasteiger partial charge in [0.05, 0.1) is 0 Å². The lowest BCUT2D eigenvalue weighted by Gasteiger charge is -2.05. The van der Waals surface area contributed by atoms with E-state index in [1.54, 1.807) is 12.4 Å². The fourth-order valence-electron chi connectivity index (χ4n) is 1.32. The van der Waals surface area contributed by atoms with Gasteiger partial charge < -0.3 is 5.73 Å². The number of rotatable bonds is 3. The molecule has 18 heavy (non-hydrogen) atoms. The Balaban J connectivity index is 2.22. The number of nitrogens with two attached hydrogens (primary N) is 1. The molecule has 0 amide bonds. The maximum Gasteiger partial charge on any atom is 0.192 e. The summed E-state index contributed by atoms with van der Waals surface area (Å²) in [6.45, 7) is 1.95. The van der Waals surface area contributed by atoms with Crippen LogP contribution in [0.2, 0.25) is 0 Å². The SMILES string of the molecule is Cc1cnc(Sc2ccc(C(=N)N)c(Br)c2)nc1. The maximum absolute atomic E-state index is 7.41. The third kappa shape index (κ3) is 3.08. The van der Waals surface area contributed by atoms with Crippen LogP contribution >= 0.6 is 27.7 Å². The van der Waals surface area contributed by atoms with Gasteiger partial charge in [0, 0.05) is 27.3 Å². The van der Waals surface area contributed by atoms with E-state index in [2.05, 4.69) is 25.9 Å². The molecule has 2 rings (SSSR count). The van der Waals surface area contributed by atoms with E-state index in [1.165, 1.54) is 11.8 Å². The second-order valence-corrected chi connectivity index (χ2v) is 5.60. The van der Waals surface area contributed by atoms with Gasteiger partial charge in [-0.15, -0.1) is 0 Å². The van der Waals surface area contributed by atoms with Crippen molar-refractivity contribution in [1.82, 2.24) is 9.97 Å². The van der Waals surface area contributed by atoms with Crippen LogP contribution in [0.15, 0.2) is 45.1 Å². The molecular weight excluding hydrogens is 312 g/mol. The molecule has 0 fully saturated rings. The average molecular weight is 323 g/mol. The van der Waals surface area contributed by atoms with Crippen molar-refractivity contribution in [2.75, 3.05) is 0 Å². The molecule has 0 unspecified atom stereocenters. The first-order chi connectivity index (χ1) is 8.56. The molecule has 3 N–H and O–H groups in total. The Bertz CT molecular complexity index is 583. The highest BCUT2D eigenvalue weighted by Crippen LogP contribution is 2.28. The summed E-state index contributed by atoms with van der Waals surface area (Å²) in [6, 6.07) is 5.61. The highest BCUT2D eigenvalue weighted by atomic mass is 79.9. The maximum atomic E-state index is 7.41. The second-order valence-electron chi connectivity index (χ2n) is 3.70. The molecule has 0 saturated carbocycles. The minimum absolute atomic E-state index is 0.0463. The van der Waals surface area contributed by atoms with E-state index in [-0.39, 0.29) is 5.84 Å². The van der Waals surface area contributed by atoms with Gasteiger partial charge >= 0.3 is 0 Å². The van der Waals surface area contributed by atoms with Gasteiger partial charge in [0.2, 0.25) is 0 Å². The van der Waals surface area contributed by atoms with Crippen molar-refractivity contribution in [3.8, 4) is 0 Å². The fraction of sp³-hybridized carbons (Fsp3) is 0.0833. The molecule has 4 nitrogen and oxygen atoms in total. The van der Waals surface area contributed by atoms with Crippen LogP contribution in [-0.2, 0) is 0 Å². The van der Waals surface area contributed by atoms with Crippen molar-refractivity contribution in [1.29, 1.82) is 5.41 Å². The van der Waals surface area contributed by atoms with E-state index in [9.17, 15) is 0 Å². The highest BCUT2D eigenvalue weighted by Gasteiger charge is 2.06. The minimum atomic E-state index is 0.0463. The highest BCUT2D eigenvalue weighted by molar-refractivity contribution is 9.10. The van der Waals surface area contributed by atoms with E-state index in [1.807, 2.05) is 25.1 Å². The number of nitrogens with one attached hydrogen (secondary N) is 1. The van der Waals surface area contributed by atoms with Crippen LogP contribution in [0.1, 0.15) is 11.1 Å². The summed E-state index contributed by atoms with van der Waals surface area (Å²) in [5.41, 5.74) is 7.17. The van der Waals surface area contributed by atoms with Crippen LogP contribution in [-0.4, -0.2) is 15.8 Å².